The van der Waals surface area contributed by atoms with Crippen LogP contribution in [0.4, 0.5) is 10.1 Å². The smallest absolute Gasteiger partial charge is 0.138 e. The standard InChI is InChI=1S/C13H10Cl2FNS/c14-10-3-1-2-8(13(10)15)7-18-12-5-4-9(17)6-11(12)16/h1-6H,7,17H2. The summed E-state index contributed by atoms with van der Waals surface area (Å²) in [7, 11) is 0. The molecule has 0 amide bonds. The Morgan fingerprint density at radius 2 is 1.94 bits per heavy atom. The quantitative estimate of drug-likeness (QED) is 0.637. The molecule has 0 saturated carbocycles. The summed E-state index contributed by atoms with van der Waals surface area (Å²) in [6.07, 6.45) is 0. The molecule has 1 nitrogen and oxygen atoms in total. The molecule has 0 fully saturated rings. The minimum atomic E-state index is -0.321. The van der Waals surface area contributed by atoms with Crippen molar-refractivity contribution >= 4 is 40.7 Å². The Hall–Kier alpha value is -0.900. The highest BCUT2D eigenvalue weighted by atomic mass is 35.5. The van der Waals surface area contributed by atoms with E-state index in [1.54, 1.807) is 18.2 Å². The minimum Gasteiger partial charge on any atom is -0.399 e. The van der Waals surface area contributed by atoms with E-state index in [4.69, 9.17) is 28.9 Å². The van der Waals surface area contributed by atoms with E-state index in [9.17, 15) is 4.39 Å². The summed E-state index contributed by atoms with van der Waals surface area (Å²) in [5.41, 5.74) is 6.79. The fourth-order valence-corrected chi connectivity index (χ4v) is 2.83. The Balaban J connectivity index is 2.14. The van der Waals surface area contributed by atoms with Crippen molar-refractivity contribution in [1.29, 1.82) is 0 Å². The molecule has 94 valence electrons. The maximum Gasteiger partial charge on any atom is 0.138 e. The zero-order chi connectivity index (χ0) is 13.1. The predicted molar refractivity (Wildman–Crippen MR) is 76.8 cm³/mol. The fourth-order valence-electron chi connectivity index (χ4n) is 1.45. The van der Waals surface area contributed by atoms with Crippen molar-refractivity contribution < 1.29 is 4.39 Å². The molecule has 0 saturated heterocycles. The van der Waals surface area contributed by atoms with Crippen LogP contribution in [0.25, 0.3) is 0 Å². The molecule has 0 aromatic heterocycles. The molecule has 0 spiro atoms. The SMILES string of the molecule is Nc1ccc(SCc2cccc(Cl)c2Cl)c(F)c1. The maximum absolute atomic E-state index is 13.6. The highest BCUT2D eigenvalue weighted by Gasteiger charge is 2.07. The number of benzene rings is 2. The van der Waals surface area contributed by atoms with E-state index in [0.717, 1.165) is 5.56 Å². The van der Waals surface area contributed by atoms with E-state index in [0.29, 0.717) is 26.4 Å². The summed E-state index contributed by atoms with van der Waals surface area (Å²) in [4.78, 5) is 0.542. The lowest BCUT2D eigenvalue weighted by atomic mass is 10.2. The third-order valence-corrected chi connectivity index (χ3v) is 4.33. The van der Waals surface area contributed by atoms with Crippen LogP contribution in [0.15, 0.2) is 41.3 Å². The van der Waals surface area contributed by atoms with Crippen molar-refractivity contribution in [3.8, 4) is 0 Å². The molecular formula is C13H10Cl2FNS. The first-order valence-corrected chi connectivity index (χ1v) is 6.93. The molecule has 0 radical (unpaired) electrons. The summed E-state index contributed by atoms with van der Waals surface area (Å²) < 4.78 is 13.6. The molecule has 18 heavy (non-hydrogen) atoms. The Morgan fingerprint density at radius 1 is 1.17 bits per heavy atom. The van der Waals surface area contributed by atoms with Gasteiger partial charge < -0.3 is 5.73 Å². The van der Waals surface area contributed by atoms with E-state index >= 15 is 0 Å². The van der Waals surface area contributed by atoms with Gasteiger partial charge in [-0.25, -0.2) is 4.39 Å². The van der Waals surface area contributed by atoms with Crippen LogP contribution < -0.4 is 5.73 Å². The van der Waals surface area contributed by atoms with Crippen molar-refractivity contribution in [2.75, 3.05) is 5.73 Å². The first-order valence-electron chi connectivity index (χ1n) is 5.18. The van der Waals surface area contributed by atoms with Gasteiger partial charge in [0.15, 0.2) is 0 Å². The van der Waals surface area contributed by atoms with Gasteiger partial charge >= 0.3 is 0 Å². The molecule has 0 aliphatic rings. The summed E-state index contributed by atoms with van der Waals surface area (Å²) >= 11 is 13.3. The van der Waals surface area contributed by atoms with Crippen LogP contribution in [0, 0.1) is 5.82 Å². The summed E-state index contributed by atoms with van der Waals surface area (Å²) in [5.74, 6) is 0.235. The second kappa shape index (κ2) is 5.83. The number of hydrogen-bond donors (Lipinski definition) is 1. The second-order valence-corrected chi connectivity index (χ2v) is 5.49. The molecular weight excluding hydrogens is 292 g/mol. The van der Waals surface area contributed by atoms with Gasteiger partial charge in [-0.3, -0.25) is 0 Å². The van der Waals surface area contributed by atoms with Crippen LogP contribution >= 0.6 is 35.0 Å². The summed E-state index contributed by atoms with van der Waals surface area (Å²) in [6, 6.07) is 10.1. The topological polar surface area (TPSA) is 26.0 Å². The third-order valence-electron chi connectivity index (χ3n) is 2.37. The van der Waals surface area contributed by atoms with E-state index in [2.05, 4.69) is 0 Å². The second-order valence-electron chi connectivity index (χ2n) is 3.69. The van der Waals surface area contributed by atoms with Crippen LogP contribution in [0.1, 0.15) is 5.56 Å². The number of hydrogen-bond acceptors (Lipinski definition) is 2. The first-order chi connectivity index (χ1) is 8.58. The lowest BCUT2D eigenvalue weighted by Crippen LogP contribution is -1.89. The molecule has 0 aliphatic heterocycles. The van der Waals surface area contributed by atoms with Gasteiger partial charge in [0.2, 0.25) is 0 Å². The van der Waals surface area contributed by atoms with E-state index in [-0.39, 0.29) is 5.82 Å². The summed E-state index contributed by atoms with van der Waals surface area (Å²) in [6.45, 7) is 0. The largest absolute Gasteiger partial charge is 0.399 e. The Kier molecular flexibility index (Phi) is 4.38. The highest BCUT2D eigenvalue weighted by molar-refractivity contribution is 7.98. The average Bonchev–Trinajstić information content (AvgIpc) is 2.33. The van der Waals surface area contributed by atoms with E-state index < -0.39 is 0 Å². The van der Waals surface area contributed by atoms with Crippen LogP contribution in [-0.2, 0) is 5.75 Å². The van der Waals surface area contributed by atoms with Gasteiger partial charge in [0.05, 0.1) is 10.0 Å². The van der Waals surface area contributed by atoms with Gasteiger partial charge in [0.1, 0.15) is 5.82 Å². The molecule has 2 aromatic rings. The minimum absolute atomic E-state index is 0.321. The number of rotatable bonds is 3. The molecule has 0 heterocycles. The molecule has 0 bridgehead atoms. The monoisotopic (exact) mass is 301 g/mol. The van der Waals surface area contributed by atoms with Gasteiger partial charge in [0, 0.05) is 16.3 Å². The van der Waals surface area contributed by atoms with Gasteiger partial charge in [-0.1, -0.05) is 35.3 Å². The average molecular weight is 302 g/mol. The number of thioether (sulfide) groups is 1. The van der Waals surface area contributed by atoms with Crippen LogP contribution in [0.3, 0.4) is 0 Å². The molecule has 2 aromatic carbocycles. The van der Waals surface area contributed by atoms with Gasteiger partial charge in [-0.2, -0.15) is 0 Å². The zero-order valence-electron chi connectivity index (χ0n) is 9.29. The van der Waals surface area contributed by atoms with Crippen LogP contribution in [-0.4, -0.2) is 0 Å². The lowest BCUT2D eigenvalue weighted by molar-refractivity contribution is 0.603. The molecule has 2 rings (SSSR count). The lowest BCUT2D eigenvalue weighted by Gasteiger charge is -2.07. The van der Waals surface area contributed by atoms with Gasteiger partial charge in [-0.05, 0) is 29.8 Å². The normalized spacial score (nSPS) is 10.6. The maximum atomic E-state index is 13.6. The molecule has 2 N–H and O–H groups in total. The third kappa shape index (κ3) is 3.10. The van der Waals surface area contributed by atoms with Crippen LogP contribution in [0.5, 0.6) is 0 Å². The molecule has 5 heteroatoms. The van der Waals surface area contributed by atoms with Crippen molar-refractivity contribution in [2.24, 2.45) is 0 Å². The van der Waals surface area contributed by atoms with Crippen molar-refractivity contribution in [2.45, 2.75) is 10.6 Å². The predicted octanol–water partition coefficient (Wildman–Crippen LogP) is 5.01. The van der Waals surface area contributed by atoms with Crippen LogP contribution in [0.2, 0.25) is 10.0 Å². The number of nitrogen functional groups attached to an aromatic ring is 1. The number of anilines is 1. The Morgan fingerprint density at radius 3 is 2.67 bits per heavy atom. The molecule has 0 atom stereocenters. The molecule has 0 unspecified atom stereocenters. The first kappa shape index (κ1) is 13.5. The Labute approximate surface area is 119 Å². The molecule has 0 aliphatic carbocycles. The highest BCUT2D eigenvalue weighted by Crippen LogP contribution is 2.32. The number of halogens is 3. The van der Waals surface area contributed by atoms with Crippen molar-refractivity contribution in [3.05, 3.63) is 57.8 Å². The number of nitrogens with two attached hydrogens (primary N) is 1. The van der Waals surface area contributed by atoms with E-state index in [1.165, 1.54) is 17.8 Å². The Bertz CT molecular complexity index is 575. The van der Waals surface area contributed by atoms with Gasteiger partial charge in [0.25, 0.3) is 0 Å². The van der Waals surface area contributed by atoms with E-state index in [1.807, 2.05) is 12.1 Å². The zero-order valence-corrected chi connectivity index (χ0v) is 11.6. The van der Waals surface area contributed by atoms with Crippen molar-refractivity contribution in [3.63, 3.8) is 0 Å². The summed E-state index contributed by atoms with van der Waals surface area (Å²) in [5, 5.41) is 1.02. The fraction of sp³-hybridized carbons (Fsp3) is 0.0769. The van der Waals surface area contributed by atoms with Gasteiger partial charge in [-0.15, -0.1) is 11.8 Å². The van der Waals surface area contributed by atoms with Crippen molar-refractivity contribution in [1.82, 2.24) is 0 Å².